The average molecular weight is 572 g/mol. The van der Waals surface area contributed by atoms with Crippen LogP contribution in [0.4, 0.5) is 21.5 Å². The number of fused-ring (bicyclic) bond motifs is 1. The van der Waals surface area contributed by atoms with E-state index >= 15 is 0 Å². The smallest absolute Gasteiger partial charge is 0.276 e. The average Bonchev–Trinajstić information content (AvgIpc) is 3.64. The first-order valence-corrected chi connectivity index (χ1v) is 14.7. The number of amides is 1. The van der Waals surface area contributed by atoms with Gasteiger partial charge in [-0.05, 0) is 62.2 Å². The van der Waals surface area contributed by atoms with E-state index in [0.29, 0.717) is 30.9 Å². The zero-order valence-electron chi connectivity index (χ0n) is 24.2. The number of carbonyl (C=O) groups excluding carboxylic acids is 1. The SMILES string of the molecule is CC(C)Oc1ccccc1N1CCN(CC2C=C(C(=O)N3CCc4ccc(NCc5ccccc5F)cc43)NO2)CC1. The molecule has 0 spiro atoms. The first kappa shape index (κ1) is 28.1. The van der Waals surface area contributed by atoms with Crippen LogP contribution in [0.3, 0.4) is 0 Å². The lowest BCUT2D eigenvalue weighted by atomic mass is 10.1. The number of hydrogen-bond donors (Lipinski definition) is 2. The molecule has 3 aliphatic rings. The van der Waals surface area contributed by atoms with Crippen molar-refractivity contribution in [3.63, 3.8) is 0 Å². The zero-order valence-corrected chi connectivity index (χ0v) is 24.2. The number of nitrogens with zero attached hydrogens (tertiary/aromatic N) is 3. The summed E-state index contributed by atoms with van der Waals surface area (Å²) in [4.78, 5) is 25.9. The van der Waals surface area contributed by atoms with Gasteiger partial charge in [0.15, 0.2) is 0 Å². The molecule has 1 unspecified atom stereocenters. The van der Waals surface area contributed by atoms with Crippen molar-refractivity contribution in [2.24, 2.45) is 0 Å². The molecule has 42 heavy (non-hydrogen) atoms. The van der Waals surface area contributed by atoms with E-state index in [4.69, 9.17) is 9.57 Å². The second kappa shape index (κ2) is 12.4. The topological polar surface area (TPSA) is 69.3 Å². The van der Waals surface area contributed by atoms with E-state index in [1.807, 2.05) is 56.3 Å². The van der Waals surface area contributed by atoms with Crippen LogP contribution in [0.15, 0.2) is 78.5 Å². The number of para-hydroxylation sites is 2. The lowest BCUT2D eigenvalue weighted by Gasteiger charge is -2.37. The Morgan fingerprint density at radius 2 is 1.81 bits per heavy atom. The highest BCUT2D eigenvalue weighted by molar-refractivity contribution is 6.06. The Morgan fingerprint density at radius 1 is 1.02 bits per heavy atom. The summed E-state index contributed by atoms with van der Waals surface area (Å²) in [5, 5.41) is 3.29. The van der Waals surface area contributed by atoms with Crippen molar-refractivity contribution in [3.05, 3.63) is 95.4 Å². The molecule has 6 rings (SSSR count). The highest BCUT2D eigenvalue weighted by Crippen LogP contribution is 2.33. The van der Waals surface area contributed by atoms with Gasteiger partial charge in [-0.1, -0.05) is 36.4 Å². The molecular weight excluding hydrogens is 533 g/mol. The van der Waals surface area contributed by atoms with Crippen LogP contribution >= 0.6 is 0 Å². The largest absolute Gasteiger partial charge is 0.489 e. The van der Waals surface area contributed by atoms with Gasteiger partial charge in [-0.3, -0.25) is 20.0 Å². The van der Waals surface area contributed by atoms with Crippen molar-refractivity contribution >= 4 is 23.0 Å². The number of hydrogen-bond acceptors (Lipinski definition) is 7. The van der Waals surface area contributed by atoms with Crippen molar-refractivity contribution in [1.29, 1.82) is 0 Å². The van der Waals surface area contributed by atoms with Gasteiger partial charge in [0.25, 0.3) is 5.91 Å². The Balaban J connectivity index is 1.04. The van der Waals surface area contributed by atoms with Crippen molar-refractivity contribution < 1.29 is 18.8 Å². The molecule has 0 saturated carbocycles. The van der Waals surface area contributed by atoms with E-state index in [-0.39, 0.29) is 23.9 Å². The first-order valence-electron chi connectivity index (χ1n) is 14.7. The summed E-state index contributed by atoms with van der Waals surface area (Å²) in [5.74, 6) is 0.584. The third-order valence-corrected chi connectivity index (χ3v) is 7.95. The molecular formula is C33H38FN5O3. The first-order chi connectivity index (χ1) is 20.4. The van der Waals surface area contributed by atoms with Gasteiger partial charge in [0.05, 0.1) is 11.8 Å². The maximum absolute atomic E-state index is 14.0. The molecule has 1 atom stereocenters. The third-order valence-electron chi connectivity index (χ3n) is 7.95. The van der Waals surface area contributed by atoms with Crippen LogP contribution in [0, 0.1) is 5.82 Å². The fraction of sp³-hybridized carbons (Fsp3) is 0.364. The standard InChI is InChI=1S/C33H38FN5O3/c1-23(2)41-32-10-6-5-9-30(32)38-17-15-37(16-18-38)22-27-20-29(36-42-27)33(40)39-14-13-24-11-12-26(19-31(24)39)35-21-25-7-3-4-8-28(25)34/h3-12,19-20,23,27,35-36H,13-18,21-22H2,1-2H3. The van der Waals surface area contributed by atoms with Crippen LogP contribution in [0.5, 0.6) is 5.75 Å². The summed E-state index contributed by atoms with van der Waals surface area (Å²) in [6, 6.07) is 20.9. The second-order valence-corrected chi connectivity index (χ2v) is 11.3. The molecule has 9 heteroatoms. The van der Waals surface area contributed by atoms with Gasteiger partial charge in [0, 0.05) is 62.8 Å². The van der Waals surface area contributed by atoms with Crippen LogP contribution in [0.2, 0.25) is 0 Å². The summed E-state index contributed by atoms with van der Waals surface area (Å²) >= 11 is 0. The van der Waals surface area contributed by atoms with Gasteiger partial charge < -0.3 is 19.9 Å². The Kier molecular flexibility index (Phi) is 8.30. The zero-order chi connectivity index (χ0) is 29.1. The van der Waals surface area contributed by atoms with E-state index in [2.05, 4.69) is 32.7 Å². The van der Waals surface area contributed by atoms with Crippen molar-refractivity contribution in [3.8, 4) is 5.75 Å². The molecule has 3 aromatic carbocycles. The van der Waals surface area contributed by atoms with Crippen LogP contribution < -0.4 is 25.3 Å². The Labute approximate surface area is 246 Å². The predicted octanol–water partition coefficient (Wildman–Crippen LogP) is 4.72. The van der Waals surface area contributed by atoms with E-state index in [1.165, 1.54) is 6.07 Å². The minimum Gasteiger partial charge on any atom is -0.489 e. The number of piperazine rings is 1. The number of hydroxylamine groups is 1. The van der Waals surface area contributed by atoms with Gasteiger partial charge in [-0.15, -0.1) is 0 Å². The molecule has 3 aromatic rings. The van der Waals surface area contributed by atoms with Gasteiger partial charge in [0.2, 0.25) is 0 Å². The van der Waals surface area contributed by atoms with E-state index < -0.39 is 0 Å². The molecule has 2 N–H and O–H groups in total. The molecule has 3 heterocycles. The van der Waals surface area contributed by atoms with Crippen LogP contribution in [0.25, 0.3) is 0 Å². The molecule has 3 aliphatic heterocycles. The maximum Gasteiger partial charge on any atom is 0.276 e. The van der Waals surface area contributed by atoms with Gasteiger partial charge in [-0.25, -0.2) is 4.39 Å². The van der Waals surface area contributed by atoms with E-state index in [1.54, 1.807) is 17.0 Å². The summed E-state index contributed by atoms with van der Waals surface area (Å²) < 4.78 is 20.1. The molecule has 0 aromatic heterocycles. The van der Waals surface area contributed by atoms with Crippen molar-refractivity contribution in [1.82, 2.24) is 10.4 Å². The quantitative estimate of drug-likeness (QED) is 0.385. The number of carbonyl (C=O) groups is 1. The molecule has 0 radical (unpaired) electrons. The van der Waals surface area contributed by atoms with Crippen LogP contribution in [-0.4, -0.2) is 62.3 Å². The van der Waals surface area contributed by atoms with E-state index in [9.17, 15) is 9.18 Å². The molecule has 220 valence electrons. The van der Waals surface area contributed by atoms with Gasteiger partial charge in [0.1, 0.15) is 23.4 Å². The number of ether oxygens (including phenoxy) is 1. The lowest BCUT2D eigenvalue weighted by molar-refractivity contribution is -0.116. The molecule has 1 fully saturated rings. The van der Waals surface area contributed by atoms with Crippen molar-refractivity contribution in [2.75, 3.05) is 54.4 Å². The monoisotopic (exact) mass is 571 g/mol. The number of nitrogens with one attached hydrogen (secondary N) is 2. The Hall–Kier alpha value is -4.08. The van der Waals surface area contributed by atoms with Crippen molar-refractivity contribution in [2.45, 2.75) is 39.0 Å². The minimum atomic E-state index is -0.236. The fourth-order valence-electron chi connectivity index (χ4n) is 5.78. The van der Waals surface area contributed by atoms with Crippen LogP contribution in [-0.2, 0) is 22.6 Å². The third kappa shape index (κ3) is 6.22. The number of halogens is 1. The summed E-state index contributed by atoms with van der Waals surface area (Å²) in [6.45, 7) is 9.37. The minimum absolute atomic E-state index is 0.103. The predicted molar refractivity (Wildman–Crippen MR) is 163 cm³/mol. The lowest BCUT2D eigenvalue weighted by Crippen LogP contribution is -2.48. The Bertz CT molecular complexity index is 1450. The van der Waals surface area contributed by atoms with Crippen LogP contribution in [0.1, 0.15) is 25.0 Å². The highest BCUT2D eigenvalue weighted by Gasteiger charge is 2.32. The summed E-state index contributed by atoms with van der Waals surface area (Å²) in [5.41, 5.74) is 7.93. The molecule has 1 amide bonds. The number of anilines is 3. The maximum atomic E-state index is 14.0. The molecule has 1 saturated heterocycles. The van der Waals surface area contributed by atoms with Gasteiger partial charge >= 0.3 is 0 Å². The van der Waals surface area contributed by atoms with E-state index in [0.717, 1.165) is 61.0 Å². The highest BCUT2D eigenvalue weighted by atomic mass is 19.1. The number of benzene rings is 3. The normalized spacial score (nSPS) is 18.6. The Morgan fingerprint density at radius 3 is 2.62 bits per heavy atom. The summed E-state index contributed by atoms with van der Waals surface area (Å²) in [7, 11) is 0. The molecule has 0 bridgehead atoms. The second-order valence-electron chi connectivity index (χ2n) is 11.3. The summed E-state index contributed by atoms with van der Waals surface area (Å²) in [6.07, 6.45) is 2.62. The molecule has 8 nitrogen and oxygen atoms in total. The molecule has 0 aliphatic carbocycles. The number of rotatable bonds is 9. The fourth-order valence-corrected chi connectivity index (χ4v) is 5.78. The van der Waals surface area contributed by atoms with Gasteiger partial charge in [-0.2, -0.15) is 0 Å².